The zero-order valence-corrected chi connectivity index (χ0v) is 11.8. The maximum absolute atomic E-state index is 12.1. The molecule has 0 radical (unpaired) electrons. The van der Waals surface area contributed by atoms with Crippen LogP contribution < -0.4 is 10.6 Å². The minimum Gasteiger partial charge on any atom is -0.322 e. The van der Waals surface area contributed by atoms with E-state index >= 15 is 0 Å². The van der Waals surface area contributed by atoms with Crippen molar-refractivity contribution in [1.82, 2.24) is 0 Å². The Kier molecular flexibility index (Phi) is 4.82. The van der Waals surface area contributed by atoms with Crippen LogP contribution in [0, 0.1) is 5.41 Å². The van der Waals surface area contributed by atoms with E-state index in [0.717, 1.165) is 6.08 Å². The third kappa shape index (κ3) is 3.89. The van der Waals surface area contributed by atoms with Crippen LogP contribution in [-0.2, 0) is 9.59 Å². The molecule has 0 aliphatic carbocycles. The first-order valence-electron chi connectivity index (χ1n) is 6.59. The fraction of sp³-hybridized carbons (Fsp3) is 0. The second-order valence-electron chi connectivity index (χ2n) is 4.47. The van der Waals surface area contributed by atoms with Gasteiger partial charge in [0.2, 0.25) is 5.91 Å². The highest BCUT2D eigenvalue weighted by Crippen LogP contribution is 2.15. The van der Waals surface area contributed by atoms with Crippen LogP contribution in [0.1, 0.15) is 5.56 Å². The van der Waals surface area contributed by atoms with Crippen LogP contribution in [0.4, 0.5) is 11.4 Å². The van der Waals surface area contributed by atoms with Crippen molar-refractivity contribution in [3.05, 3.63) is 72.8 Å². The maximum atomic E-state index is 12.1. The van der Waals surface area contributed by atoms with E-state index in [1.807, 2.05) is 6.07 Å². The Labute approximate surface area is 128 Å². The van der Waals surface area contributed by atoms with Crippen molar-refractivity contribution in [2.45, 2.75) is 0 Å². The molecule has 5 heteroatoms. The quantitative estimate of drug-likeness (QED) is 0.585. The van der Waals surface area contributed by atoms with Gasteiger partial charge in [-0.15, -0.1) is 0 Å². The zero-order chi connectivity index (χ0) is 15.9. The molecule has 2 aromatic carbocycles. The van der Waals surface area contributed by atoms with Gasteiger partial charge in [-0.25, -0.2) is 0 Å². The molecule has 2 rings (SSSR count). The molecule has 0 spiro atoms. The molecule has 0 saturated carbocycles. The van der Waals surface area contributed by atoms with Crippen molar-refractivity contribution in [2.75, 3.05) is 10.6 Å². The maximum Gasteiger partial charge on any atom is 0.274 e. The number of anilines is 2. The lowest BCUT2D eigenvalue weighted by Gasteiger charge is -2.08. The second-order valence-corrected chi connectivity index (χ2v) is 4.47. The normalized spacial score (nSPS) is 9.64. The molecule has 0 bridgehead atoms. The summed E-state index contributed by atoms with van der Waals surface area (Å²) in [5.41, 5.74) is 1.44. The van der Waals surface area contributed by atoms with Crippen LogP contribution in [0.5, 0.6) is 0 Å². The van der Waals surface area contributed by atoms with Gasteiger partial charge in [-0.2, -0.15) is 0 Å². The smallest absolute Gasteiger partial charge is 0.274 e. The van der Waals surface area contributed by atoms with Gasteiger partial charge in [-0.05, 0) is 24.3 Å². The highest BCUT2D eigenvalue weighted by atomic mass is 16.2. The lowest BCUT2D eigenvalue weighted by molar-refractivity contribution is -0.112. The van der Waals surface area contributed by atoms with Crippen molar-refractivity contribution in [3.8, 4) is 0 Å². The summed E-state index contributed by atoms with van der Waals surface area (Å²) in [6, 6.07) is 15.4. The third-order valence-electron chi connectivity index (χ3n) is 2.86. The molecule has 2 amide bonds. The largest absolute Gasteiger partial charge is 0.322 e. The van der Waals surface area contributed by atoms with E-state index in [-0.39, 0.29) is 11.6 Å². The number of hydrogen-bond acceptors (Lipinski definition) is 3. The van der Waals surface area contributed by atoms with E-state index in [1.54, 1.807) is 48.5 Å². The summed E-state index contributed by atoms with van der Waals surface area (Å²) < 4.78 is 0. The van der Waals surface area contributed by atoms with E-state index in [1.165, 1.54) is 0 Å². The molecular weight excluding hydrogens is 278 g/mol. The number of carbonyl (C=O) groups excluding carboxylic acids is 2. The zero-order valence-electron chi connectivity index (χ0n) is 11.8. The summed E-state index contributed by atoms with van der Waals surface area (Å²) >= 11 is 0. The lowest BCUT2D eigenvalue weighted by Crippen LogP contribution is -2.22. The Bertz CT molecular complexity index is 724. The summed E-state index contributed by atoms with van der Waals surface area (Å²) in [6.45, 7) is 3.37. The number of carbonyl (C=O) groups is 2. The van der Waals surface area contributed by atoms with Gasteiger partial charge in [0.25, 0.3) is 5.91 Å². The van der Waals surface area contributed by atoms with Crippen LogP contribution in [0.3, 0.4) is 0 Å². The van der Waals surface area contributed by atoms with Crippen molar-refractivity contribution in [2.24, 2.45) is 0 Å². The predicted octanol–water partition coefficient (Wildman–Crippen LogP) is 2.82. The summed E-state index contributed by atoms with van der Waals surface area (Å²) in [5.74, 6) is -0.848. The molecule has 0 atom stereocenters. The molecule has 3 N–H and O–H groups in total. The summed E-state index contributed by atoms with van der Waals surface area (Å²) in [6.07, 6.45) is 1.16. The van der Waals surface area contributed by atoms with Gasteiger partial charge in [-0.1, -0.05) is 43.0 Å². The monoisotopic (exact) mass is 293 g/mol. The summed E-state index contributed by atoms with van der Waals surface area (Å²) in [7, 11) is 0. The minimum absolute atomic E-state index is 0.124. The summed E-state index contributed by atoms with van der Waals surface area (Å²) in [4.78, 5) is 23.3. The number of hydrogen-bond donors (Lipinski definition) is 3. The van der Waals surface area contributed by atoms with Gasteiger partial charge in [0, 0.05) is 16.9 Å². The average molecular weight is 293 g/mol. The molecule has 0 aliphatic heterocycles. The first kappa shape index (κ1) is 15.2. The highest BCUT2D eigenvalue weighted by Gasteiger charge is 2.11. The average Bonchev–Trinajstić information content (AvgIpc) is 2.55. The first-order chi connectivity index (χ1) is 10.6. The van der Waals surface area contributed by atoms with Crippen LogP contribution in [0.2, 0.25) is 0 Å². The topological polar surface area (TPSA) is 82.1 Å². The Morgan fingerprint density at radius 1 is 0.955 bits per heavy atom. The van der Waals surface area contributed by atoms with Crippen molar-refractivity contribution in [3.63, 3.8) is 0 Å². The van der Waals surface area contributed by atoms with Gasteiger partial charge in [0.05, 0.1) is 0 Å². The van der Waals surface area contributed by atoms with Crippen LogP contribution in [-0.4, -0.2) is 17.5 Å². The van der Waals surface area contributed by atoms with Gasteiger partial charge in [0.15, 0.2) is 0 Å². The highest BCUT2D eigenvalue weighted by molar-refractivity contribution is 6.47. The molecule has 0 aromatic heterocycles. The number of nitrogens with one attached hydrogen (secondary N) is 3. The summed E-state index contributed by atoms with van der Waals surface area (Å²) in [5, 5.41) is 13.1. The molecule has 0 fully saturated rings. The minimum atomic E-state index is -0.515. The van der Waals surface area contributed by atoms with Crippen LogP contribution in [0.25, 0.3) is 0 Å². The molecule has 0 unspecified atom stereocenters. The van der Waals surface area contributed by atoms with E-state index in [9.17, 15) is 9.59 Å². The number of amides is 2. The lowest BCUT2D eigenvalue weighted by atomic mass is 10.1. The molecule has 110 valence electrons. The Morgan fingerprint density at radius 3 is 2.23 bits per heavy atom. The fourth-order valence-corrected chi connectivity index (χ4v) is 1.80. The standard InChI is InChI=1S/C17H15N3O2/c1-2-15(21)19-13-9-6-10-14(11-13)20-17(22)16(18)12-7-4-3-5-8-12/h2-11,18H,1H2,(H,19,21)(H,20,22). The molecule has 2 aromatic rings. The molecule has 0 heterocycles. The van der Waals surface area contributed by atoms with Gasteiger partial charge in [-0.3, -0.25) is 15.0 Å². The Balaban J connectivity index is 2.08. The predicted molar refractivity (Wildman–Crippen MR) is 87.2 cm³/mol. The molecule has 0 aliphatic rings. The third-order valence-corrected chi connectivity index (χ3v) is 2.86. The Morgan fingerprint density at radius 2 is 1.59 bits per heavy atom. The van der Waals surface area contributed by atoms with Crippen molar-refractivity contribution in [1.29, 1.82) is 5.41 Å². The molecule has 5 nitrogen and oxygen atoms in total. The van der Waals surface area contributed by atoms with E-state index in [2.05, 4.69) is 17.2 Å². The SMILES string of the molecule is C=CC(=O)Nc1cccc(NC(=O)C(=N)c2ccccc2)c1. The number of rotatable bonds is 5. The van der Waals surface area contributed by atoms with Crippen molar-refractivity contribution < 1.29 is 9.59 Å². The van der Waals surface area contributed by atoms with Gasteiger partial charge in [0.1, 0.15) is 5.71 Å². The molecular formula is C17H15N3O2. The van der Waals surface area contributed by atoms with E-state index < -0.39 is 5.91 Å². The fourth-order valence-electron chi connectivity index (χ4n) is 1.80. The molecule has 0 saturated heterocycles. The van der Waals surface area contributed by atoms with Crippen LogP contribution in [0.15, 0.2) is 67.3 Å². The Hall–Kier alpha value is -3.21. The van der Waals surface area contributed by atoms with Gasteiger partial charge < -0.3 is 10.6 Å². The van der Waals surface area contributed by atoms with Gasteiger partial charge >= 0.3 is 0 Å². The first-order valence-corrected chi connectivity index (χ1v) is 6.59. The van der Waals surface area contributed by atoms with Crippen molar-refractivity contribution >= 4 is 28.9 Å². The molecule has 22 heavy (non-hydrogen) atoms. The van der Waals surface area contributed by atoms with E-state index in [0.29, 0.717) is 16.9 Å². The van der Waals surface area contributed by atoms with E-state index in [4.69, 9.17) is 5.41 Å². The van der Waals surface area contributed by atoms with Crippen LogP contribution >= 0.6 is 0 Å². The second kappa shape index (κ2) is 6.99. The number of benzene rings is 2.